The molecule has 0 amide bonds. The van der Waals surface area contributed by atoms with E-state index in [0.29, 0.717) is 5.92 Å². The molecule has 0 radical (unpaired) electrons. The topological polar surface area (TPSA) is 21.3 Å². The second-order valence-electron chi connectivity index (χ2n) is 5.51. The molecule has 114 valence electrons. The predicted molar refractivity (Wildman–Crippen MR) is 70.1 cm³/mol. The van der Waals surface area contributed by atoms with E-state index in [2.05, 4.69) is 19.2 Å². The van der Waals surface area contributed by atoms with Crippen molar-refractivity contribution >= 4 is 0 Å². The minimum Gasteiger partial charge on any atom is -0.364 e. The van der Waals surface area contributed by atoms with E-state index < -0.39 is 12.3 Å². The lowest BCUT2D eigenvalue weighted by Gasteiger charge is -2.38. The molecule has 1 fully saturated rings. The molecule has 0 aromatic heterocycles. The number of alkyl halides is 3. The highest BCUT2D eigenvalue weighted by molar-refractivity contribution is 4.86. The van der Waals surface area contributed by atoms with Crippen LogP contribution in [0.1, 0.15) is 52.9 Å². The van der Waals surface area contributed by atoms with Crippen LogP contribution in [0.4, 0.5) is 13.2 Å². The third kappa shape index (κ3) is 5.30. The van der Waals surface area contributed by atoms with Crippen LogP contribution in [-0.4, -0.2) is 31.0 Å². The third-order valence-electron chi connectivity index (χ3n) is 3.97. The van der Waals surface area contributed by atoms with E-state index in [4.69, 9.17) is 4.74 Å². The van der Waals surface area contributed by atoms with Crippen LogP contribution in [-0.2, 0) is 4.74 Å². The number of nitrogens with one attached hydrogen (secondary N) is 1. The quantitative estimate of drug-likeness (QED) is 0.797. The van der Waals surface area contributed by atoms with Gasteiger partial charge in [0.2, 0.25) is 0 Å². The summed E-state index contributed by atoms with van der Waals surface area (Å²) >= 11 is 0. The Morgan fingerprint density at radius 3 is 2.47 bits per heavy atom. The van der Waals surface area contributed by atoms with Gasteiger partial charge in [0, 0.05) is 6.04 Å². The zero-order chi connectivity index (χ0) is 14.5. The van der Waals surface area contributed by atoms with Crippen LogP contribution >= 0.6 is 0 Å². The SMILES string of the molecule is CCCNC1CCC(CC)CC1OC(C)C(F)(F)F. The Balaban J connectivity index is 2.60. The zero-order valence-corrected chi connectivity index (χ0v) is 12.1. The molecular weight excluding hydrogens is 255 g/mol. The molecule has 0 saturated heterocycles. The standard InChI is InChI=1S/C14H26F3NO/c1-4-8-18-12-7-6-11(5-2)9-13(12)19-10(3)14(15,16)17/h10-13,18H,4-9H2,1-3H3. The van der Waals surface area contributed by atoms with Crippen molar-refractivity contribution in [3.8, 4) is 0 Å². The third-order valence-corrected chi connectivity index (χ3v) is 3.97. The molecule has 1 N–H and O–H groups in total. The first kappa shape index (κ1) is 16.8. The summed E-state index contributed by atoms with van der Waals surface area (Å²) in [7, 11) is 0. The van der Waals surface area contributed by atoms with Crippen LogP contribution in [0.15, 0.2) is 0 Å². The van der Waals surface area contributed by atoms with E-state index in [1.54, 1.807) is 0 Å². The average molecular weight is 281 g/mol. The highest BCUT2D eigenvalue weighted by Crippen LogP contribution is 2.32. The number of hydrogen-bond donors (Lipinski definition) is 1. The monoisotopic (exact) mass is 281 g/mol. The first-order valence-corrected chi connectivity index (χ1v) is 7.34. The number of halogens is 3. The van der Waals surface area contributed by atoms with Crippen LogP contribution in [0.25, 0.3) is 0 Å². The van der Waals surface area contributed by atoms with Crippen molar-refractivity contribution in [2.45, 2.75) is 77.3 Å². The maximum atomic E-state index is 12.6. The summed E-state index contributed by atoms with van der Waals surface area (Å²) in [4.78, 5) is 0. The lowest BCUT2D eigenvalue weighted by Crippen LogP contribution is -2.48. The van der Waals surface area contributed by atoms with Gasteiger partial charge in [0.05, 0.1) is 6.10 Å². The van der Waals surface area contributed by atoms with Gasteiger partial charge in [0.15, 0.2) is 6.10 Å². The van der Waals surface area contributed by atoms with E-state index in [0.717, 1.165) is 45.6 Å². The molecule has 5 heteroatoms. The maximum Gasteiger partial charge on any atom is 0.414 e. The predicted octanol–water partition coefficient (Wildman–Crippen LogP) is 3.90. The average Bonchev–Trinajstić information content (AvgIpc) is 2.36. The molecule has 0 spiro atoms. The molecule has 1 saturated carbocycles. The van der Waals surface area contributed by atoms with Gasteiger partial charge >= 0.3 is 6.18 Å². The van der Waals surface area contributed by atoms with Crippen molar-refractivity contribution in [1.29, 1.82) is 0 Å². The zero-order valence-electron chi connectivity index (χ0n) is 12.1. The van der Waals surface area contributed by atoms with E-state index in [1.165, 1.54) is 0 Å². The van der Waals surface area contributed by atoms with Crippen molar-refractivity contribution in [2.24, 2.45) is 5.92 Å². The molecule has 1 rings (SSSR count). The molecule has 1 aliphatic carbocycles. The second kappa shape index (κ2) is 7.48. The fourth-order valence-corrected chi connectivity index (χ4v) is 2.64. The first-order chi connectivity index (χ1) is 8.88. The molecule has 2 nitrogen and oxygen atoms in total. The van der Waals surface area contributed by atoms with Gasteiger partial charge in [-0.2, -0.15) is 13.2 Å². The lowest BCUT2D eigenvalue weighted by atomic mass is 9.82. The van der Waals surface area contributed by atoms with Gasteiger partial charge in [-0.3, -0.25) is 0 Å². The van der Waals surface area contributed by atoms with Crippen molar-refractivity contribution in [2.75, 3.05) is 6.54 Å². The largest absolute Gasteiger partial charge is 0.414 e. The van der Waals surface area contributed by atoms with Crippen LogP contribution in [0, 0.1) is 5.92 Å². The summed E-state index contributed by atoms with van der Waals surface area (Å²) in [5, 5.41) is 3.33. The second-order valence-corrected chi connectivity index (χ2v) is 5.51. The van der Waals surface area contributed by atoms with Crippen molar-refractivity contribution in [1.82, 2.24) is 5.32 Å². The van der Waals surface area contributed by atoms with Crippen LogP contribution in [0.3, 0.4) is 0 Å². The van der Waals surface area contributed by atoms with Gasteiger partial charge in [-0.05, 0) is 45.1 Å². The van der Waals surface area contributed by atoms with E-state index in [1.807, 2.05) is 0 Å². The van der Waals surface area contributed by atoms with Crippen LogP contribution in [0.5, 0.6) is 0 Å². The van der Waals surface area contributed by atoms with Gasteiger partial charge in [-0.25, -0.2) is 0 Å². The van der Waals surface area contributed by atoms with Gasteiger partial charge < -0.3 is 10.1 Å². The van der Waals surface area contributed by atoms with Crippen molar-refractivity contribution in [3.05, 3.63) is 0 Å². The van der Waals surface area contributed by atoms with Crippen molar-refractivity contribution in [3.63, 3.8) is 0 Å². The first-order valence-electron chi connectivity index (χ1n) is 7.34. The normalized spacial score (nSPS) is 30.3. The lowest BCUT2D eigenvalue weighted by molar-refractivity contribution is -0.233. The highest BCUT2D eigenvalue weighted by Gasteiger charge is 2.41. The van der Waals surface area contributed by atoms with Gasteiger partial charge in [0.1, 0.15) is 0 Å². The molecule has 1 aliphatic rings. The highest BCUT2D eigenvalue weighted by atomic mass is 19.4. The number of hydrogen-bond acceptors (Lipinski definition) is 2. The smallest absolute Gasteiger partial charge is 0.364 e. The molecule has 4 atom stereocenters. The van der Waals surface area contributed by atoms with Crippen LogP contribution in [0.2, 0.25) is 0 Å². The fourth-order valence-electron chi connectivity index (χ4n) is 2.64. The molecule has 19 heavy (non-hydrogen) atoms. The Bertz CT molecular complexity index is 258. The van der Waals surface area contributed by atoms with E-state index in [-0.39, 0.29) is 12.1 Å². The van der Waals surface area contributed by atoms with Gasteiger partial charge in [-0.1, -0.05) is 20.3 Å². The minimum absolute atomic E-state index is 0.0625. The van der Waals surface area contributed by atoms with Gasteiger partial charge in [-0.15, -0.1) is 0 Å². The molecular formula is C14H26F3NO. The Morgan fingerprint density at radius 1 is 1.26 bits per heavy atom. The molecule has 4 unspecified atom stereocenters. The summed E-state index contributed by atoms with van der Waals surface area (Å²) in [5.74, 6) is 0.491. The number of ether oxygens (including phenoxy) is 1. The Morgan fingerprint density at radius 2 is 1.95 bits per heavy atom. The van der Waals surface area contributed by atoms with Crippen molar-refractivity contribution < 1.29 is 17.9 Å². The number of rotatable bonds is 6. The fraction of sp³-hybridized carbons (Fsp3) is 1.00. The summed E-state index contributed by atoms with van der Waals surface area (Å²) < 4.78 is 43.2. The Hall–Kier alpha value is -0.290. The minimum atomic E-state index is -4.27. The molecule has 0 aliphatic heterocycles. The summed E-state index contributed by atoms with van der Waals surface area (Å²) in [5.41, 5.74) is 0. The van der Waals surface area contributed by atoms with Crippen LogP contribution < -0.4 is 5.32 Å². The van der Waals surface area contributed by atoms with Gasteiger partial charge in [0.25, 0.3) is 0 Å². The maximum absolute atomic E-state index is 12.6. The molecule has 0 heterocycles. The summed E-state index contributed by atoms with van der Waals surface area (Å²) in [6.07, 6.45) is -1.55. The Kier molecular flexibility index (Phi) is 6.60. The van der Waals surface area contributed by atoms with E-state index >= 15 is 0 Å². The Labute approximate surface area is 114 Å². The molecule has 0 aromatic carbocycles. The molecule has 0 aromatic rings. The van der Waals surface area contributed by atoms with E-state index in [9.17, 15) is 13.2 Å². The molecule has 0 bridgehead atoms. The summed E-state index contributed by atoms with van der Waals surface area (Å²) in [6, 6.07) is 0.0625. The summed E-state index contributed by atoms with van der Waals surface area (Å²) in [6.45, 7) is 6.09.